The maximum Gasteiger partial charge on any atom is 0.0735 e. The summed E-state index contributed by atoms with van der Waals surface area (Å²) >= 11 is 0. The van der Waals surface area contributed by atoms with E-state index in [4.69, 9.17) is 4.74 Å². The molecule has 1 fully saturated rings. The van der Waals surface area contributed by atoms with E-state index in [1.807, 2.05) is 0 Å². The lowest BCUT2D eigenvalue weighted by Gasteiger charge is -2.31. The lowest BCUT2D eigenvalue weighted by molar-refractivity contribution is 0.0160. The number of ether oxygens (including phenoxy) is 1. The molecular formula is C14H29NO. The largest absolute Gasteiger partial charge is 0.374 e. The topological polar surface area (TPSA) is 21.3 Å². The highest BCUT2D eigenvalue weighted by Gasteiger charge is 2.32. The minimum atomic E-state index is 0.450. The van der Waals surface area contributed by atoms with Crippen molar-refractivity contribution in [2.75, 3.05) is 6.54 Å². The highest BCUT2D eigenvalue weighted by molar-refractivity contribution is 4.87. The zero-order valence-electron chi connectivity index (χ0n) is 11.5. The van der Waals surface area contributed by atoms with E-state index in [-0.39, 0.29) is 0 Å². The van der Waals surface area contributed by atoms with Gasteiger partial charge in [-0.3, -0.25) is 0 Å². The first kappa shape index (κ1) is 14.0. The van der Waals surface area contributed by atoms with Crippen molar-refractivity contribution in [2.45, 2.75) is 78.0 Å². The Morgan fingerprint density at radius 2 is 1.88 bits per heavy atom. The second-order valence-corrected chi connectivity index (χ2v) is 5.12. The van der Waals surface area contributed by atoms with E-state index in [0.717, 1.165) is 12.5 Å². The van der Waals surface area contributed by atoms with E-state index >= 15 is 0 Å². The van der Waals surface area contributed by atoms with Crippen LogP contribution in [0.4, 0.5) is 0 Å². The Balaban J connectivity index is 2.54. The normalized spacial score (nSPS) is 27.6. The molecule has 0 aromatic heterocycles. The molecule has 0 aromatic rings. The van der Waals surface area contributed by atoms with Crippen LogP contribution < -0.4 is 5.32 Å². The lowest BCUT2D eigenvalue weighted by Crippen LogP contribution is -2.45. The zero-order valence-corrected chi connectivity index (χ0v) is 11.5. The van der Waals surface area contributed by atoms with Gasteiger partial charge in [0.15, 0.2) is 0 Å². The van der Waals surface area contributed by atoms with Crippen molar-refractivity contribution in [1.82, 2.24) is 5.32 Å². The van der Waals surface area contributed by atoms with E-state index in [9.17, 15) is 0 Å². The number of hydrogen-bond acceptors (Lipinski definition) is 2. The molecule has 1 aliphatic rings. The molecule has 0 saturated carbocycles. The molecule has 0 bridgehead atoms. The summed E-state index contributed by atoms with van der Waals surface area (Å²) in [5.41, 5.74) is 0. The Morgan fingerprint density at radius 3 is 2.31 bits per heavy atom. The fraction of sp³-hybridized carbons (Fsp3) is 1.00. The van der Waals surface area contributed by atoms with Crippen molar-refractivity contribution >= 4 is 0 Å². The Labute approximate surface area is 101 Å². The summed E-state index contributed by atoms with van der Waals surface area (Å²) < 4.78 is 6.04. The lowest BCUT2D eigenvalue weighted by atomic mass is 9.89. The van der Waals surface area contributed by atoms with Gasteiger partial charge in [-0.05, 0) is 38.6 Å². The quantitative estimate of drug-likeness (QED) is 0.720. The fourth-order valence-electron chi connectivity index (χ4n) is 2.81. The second kappa shape index (κ2) is 7.29. The van der Waals surface area contributed by atoms with Crippen LogP contribution in [0, 0.1) is 5.92 Å². The van der Waals surface area contributed by atoms with Gasteiger partial charge in [-0.2, -0.15) is 0 Å². The molecule has 16 heavy (non-hydrogen) atoms. The molecule has 1 N–H and O–H groups in total. The van der Waals surface area contributed by atoms with Crippen molar-refractivity contribution in [3.05, 3.63) is 0 Å². The third-order valence-corrected chi connectivity index (χ3v) is 3.85. The summed E-state index contributed by atoms with van der Waals surface area (Å²) in [6.45, 7) is 10.1. The molecule has 0 amide bonds. The molecule has 1 saturated heterocycles. The summed E-state index contributed by atoms with van der Waals surface area (Å²) in [6, 6.07) is 0.569. The van der Waals surface area contributed by atoms with Gasteiger partial charge in [0.1, 0.15) is 0 Å². The van der Waals surface area contributed by atoms with Gasteiger partial charge in [-0.1, -0.05) is 33.6 Å². The monoisotopic (exact) mass is 227 g/mol. The van der Waals surface area contributed by atoms with E-state index in [0.29, 0.717) is 18.2 Å². The van der Waals surface area contributed by atoms with Gasteiger partial charge >= 0.3 is 0 Å². The van der Waals surface area contributed by atoms with E-state index in [2.05, 4.69) is 33.0 Å². The third-order valence-electron chi connectivity index (χ3n) is 3.85. The zero-order chi connectivity index (χ0) is 12.0. The van der Waals surface area contributed by atoms with Gasteiger partial charge in [-0.15, -0.1) is 0 Å². The maximum absolute atomic E-state index is 6.04. The van der Waals surface area contributed by atoms with Gasteiger partial charge < -0.3 is 10.1 Å². The Kier molecular flexibility index (Phi) is 6.37. The number of rotatable bonds is 7. The van der Waals surface area contributed by atoms with Crippen molar-refractivity contribution in [3.63, 3.8) is 0 Å². The second-order valence-electron chi connectivity index (χ2n) is 5.12. The van der Waals surface area contributed by atoms with Gasteiger partial charge in [0, 0.05) is 6.04 Å². The first-order valence-electron chi connectivity index (χ1n) is 7.11. The van der Waals surface area contributed by atoms with Crippen LogP contribution in [0.2, 0.25) is 0 Å². The van der Waals surface area contributed by atoms with Gasteiger partial charge in [0.05, 0.1) is 12.2 Å². The molecule has 2 nitrogen and oxygen atoms in total. The SMILES string of the molecule is CCCNC(C(CC)CC)C1CCC(C)O1. The average Bonchev–Trinajstić information content (AvgIpc) is 2.71. The van der Waals surface area contributed by atoms with Crippen LogP contribution in [-0.2, 0) is 4.74 Å². The fourth-order valence-corrected chi connectivity index (χ4v) is 2.81. The van der Waals surface area contributed by atoms with E-state index in [1.54, 1.807) is 0 Å². The highest BCUT2D eigenvalue weighted by Crippen LogP contribution is 2.27. The van der Waals surface area contributed by atoms with Crippen LogP contribution in [0.15, 0.2) is 0 Å². The molecule has 3 unspecified atom stereocenters. The summed E-state index contributed by atoms with van der Waals surface area (Å²) in [6.07, 6.45) is 7.10. The Hall–Kier alpha value is -0.0800. The van der Waals surface area contributed by atoms with E-state index < -0.39 is 0 Å². The van der Waals surface area contributed by atoms with Crippen LogP contribution >= 0.6 is 0 Å². The molecule has 0 spiro atoms. The first-order chi connectivity index (χ1) is 7.72. The van der Waals surface area contributed by atoms with Crippen molar-refractivity contribution in [2.24, 2.45) is 5.92 Å². The molecule has 3 atom stereocenters. The molecule has 1 rings (SSSR count). The summed E-state index contributed by atoms with van der Waals surface area (Å²) in [5, 5.41) is 3.71. The molecule has 2 heteroatoms. The molecule has 0 radical (unpaired) electrons. The summed E-state index contributed by atoms with van der Waals surface area (Å²) in [7, 11) is 0. The van der Waals surface area contributed by atoms with Gasteiger partial charge in [-0.25, -0.2) is 0 Å². The predicted octanol–water partition coefficient (Wildman–Crippen LogP) is 3.36. The maximum atomic E-state index is 6.04. The molecule has 1 aliphatic heterocycles. The van der Waals surface area contributed by atoms with Gasteiger partial charge in [0.25, 0.3) is 0 Å². The predicted molar refractivity (Wildman–Crippen MR) is 69.7 cm³/mol. The van der Waals surface area contributed by atoms with Crippen LogP contribution in [0.5, 0.6) is 0 Å². The molecular weight excluding hydrogens is 198 g/mol. The highest BCUT2D eigenvalue weighted by atomic mass is 16.5. The minimum Gasteiger partial charge on any atom is -0.374 e. The number of hydrogen-bond donors (Lipinski definition) is 1. The van der Waals surface area contributed by atoms with Crippen LogP contribution in [0.25, 0.3) is 0 Å². The minimum absolute atomic E-state index is 0.450. The van der Waals surface area contributed by atoms with E-state index in [1.165, 1.54) is 32.1 Å². The molecule has 0 aliphatic carbocycles. The van der Waals surface area contributed by atoms with Crippen LogP contribution in [0.3, 0.4) is 0 Å². The number of nitrogens with one attached hydrogen (secondary N) is 1. The summed E-state index contributed by atoms with van der Waals surface area (Å²) in [4.78, 5) is 0. The Bertz CT molecular complexity index is 180. The Morgan fingerprint density at radius 1 is 1.19 bits per heavy atom. The summed E-state index contributed by atoms with van der Waals surface area (Å²) in [5.74, 6) is 0.766. The third kappa shape index (κ3) is 3.74. The van der Waals surface area contributed by atoms with Gasteiger partial charge in [0.2, 0.25) is 0 Å². The average molecular weight is 227 g/mol. The molecule has 1 heterocycles. The standard InChI is InChI=1S/C14H29NO/c1-5-10-15-14(12(6-2)7-3)13-9-8-11(4)16-13/h11-15H,5-10H2,1-4H3. The van der Waals surface area contributed by atoms with Crippen LogP contribution in [0.1, 0.15) is 59.8 Å². The van der Waals surface area contributed by atoms with Crippen molar-refractivity contribution in [3.8, 4) is 0 Å². The molecule has 96 valence electrons. The smallest absolute Gasteiger partial charge is 0.0735 e. The van der Waals surface area contributed by atoms with Crippen molar-refractivity contribution in [1.29, 1.82) is 0 Å². The van der Waals surface area contributed by atoms with Crippen molar-refractivity contribution < 1.29 is 4.74 Å². The van der Waals surface area contributed by atoms with Crippen LogP contribution in [-0.4, -0.2) is 24.8 Å². The molecule has 0 aromatic carbocycles. The first-order valence-corrected chi connectivity index (χ1v) is 7.11.